The van der Waals surface area contributed by atoms with Gasteiger partial charge in [0.1, 0.15) is 12.3 Å². The van der Waals surface area contributed by atoms with E-state index in [4.69, 9.17) is 38.1 Å². The summed E-state index contributed by atoms with van der Waals surface area (Å²) in [5.41, 5.74) is 0. The number of aliphatic hydroxyl groups excluding tert-OH is 1. The van der Waals surface area contributed by atoms with Crippen molar-refractivity contribution in [2.75, 3.05) is 40.8 Å². The smallest absolute Gasteiger partial charge is 0.375 e. The van der Waals surface area contributed by atoms with Gasteiger partial charge in [-0.1, -0.05) is 0 Å². The second-order valence-electron chi connectivity index (χ2n) is 3.11. The zero-order valence-electron chi connectivity index (χ0n) is 10.2. The van der Waals surface area contributed by atoms with Crippen LogP contribution in [0.15, 0.2) is 0 Å². The standard InChI is InChI=1S/C7H16O5Si.CH4O3/c1-8-13(9-2,10-3)6-11-4-7-5-12-7;2-1(3)4/h7H,4-6H2,1-3H3;1-4H. The van der Waals surface area contributed by atoms with E-state index >= 15 is 0 Å². The fourth-order valence-corrected chi connectivity index (χ4v) is 2.13. The zero-order valence-corrected chi connectivity index (χ0v) is 11.2. The summed E-state index contributed by atoms with van der Waals surface area (Å²) in [6.45, 7) is -0.785. The lowest BCUT2D eigenvalue weighted by atomic mass is 10.5. The fourth-order valence-electron chi connectivity index (χ4n) is 0.906. The molecular weight excluding hydrogens is 252 g/mol. The van der Waals surface area contributed by atoms with Crippen LogP contribution >= 0.6 is 0 Å². The number of hydrogen-bond donors (Lipinski definition) is 3. The molecule has 0 amide bonds. The van der Waals surface area contributed by atoms with Crippen LogP contribution < -0.4 is 0 Å². The number of epoxide rings is 1. The summed E-state index contributed by atoms with van der Waals surface area (Å²) in [4.78, 5) is 0. The molecule has 1 rings (SSSR count). The molecule has 1 heterocycles. The average Bonchev–Trinajstić information content (AvgIpc) is 3.08. The molecule has 8 nitrogen and oxygen atoms in total. The van der Waals surface area contributed by atoms with Crippen LogP contribution in [0.1, 0.15) is 0 Å². The van der Waals surface area contributed by atoms with Crippen LogP contribution in [0, 0.1) is 0 Å². The predicted molar refractivity (Wildman–Crippen MR) is 57.8 cm³/mol. The molecule has 0 spiro atoms. The first-order chi connectivity index (χ1) is 7.99. The van der Waals surface area contributed by atoms with Gasteiger partial charge in [0.05, 0.1) is 13.2 Å². The van der Waals surface area contributed by atoms with Gasteiger partial charge in [0, 0.05) is 21.3 Å². The SMILES string of the molecule is CO[Si](COCC1CO1)(OC)OC.OC(O)O. The van der Waals surface area contributed by atoms with Gasteiger partial charge >= 0.3 is 8.80 Å². The van der Waals surface area contributed by atoms with Crippen molar-refractivity contribution < 1.29 is 38.1 Å². The Bertz CT molecular complexity index is 171. The van der Waals surface area contributed by atoms with Crippen LogP contribution in [-0.2, 0) is 22.8 Å². The summed E-state index contributed by atoms with van der Waals surface area (Å²) in [7, 11) is 2.16. The van der Waals surface area contributed by atoms with Crippen LogP contribution in [0.4, 0.5) is 0 Å². The van der Waals surface area contributed by atoms with Crippen molar-refractivity contribution in [3.05, 3.63) is 0 Å². The molecule has 0 aromatic heterocycles. The molecule has 1 saturated heterocycles. The van der Waals surface area contributed by atoms with Crippen molar-refractivity contribution in [2.45, 2.75) is 12.6 Å². The van der Waals surface area contributed by atoms with Gasteiger partial charge in [0.2, 0.25) is 0 Å². The molecule has 0 saturated carbocycles. The molecular formula is C8H20O8Si. The molecule has 0 aliphatic carbocycles. The summed E-state index contributed by atoms with van der Waals surface area (Å²) in [6.07, 6.45) is 0.633. The van der Waals surface area contributed by atoms with Crippen molar-refractivity contribution in [3.8, 4) is 0 Å². The summed E-state index contributed by atoms with van der Waals surface area (Å²) >= 11 is 0. The Kier molecular flexibility index (Phi) is 8.86. The van der Waals surface area contributed by atoms with Crippen molar-refractivity contribution in [2.24, 2.45) is 0 Å². The molecule has 0 aromatic carbocycles. The first-order valence-corrected chi connectivity index (χ1v) is 6.82. The third kappa shape index (κ3) is 8.60. The van der Waals surface area contributed by atoms with E-state index in [9.17, 15) is 0 Å². The maximum absolute atomic E-state index is 7.17. The van der Waals surface area contributed by atoms with E-state index < -0.39 is 15.3 Å². The highest BCUT2D eigenvalue weighted by Gasteiger charge is 2.39. The second kappa shape index (κ2) is 8.91. The minimum absolute atomic E-state index is 0.261. The zero-order chi connectivity index (χ0) is 13.3. The van der Waals surface area contributed by atoms with Crippen molar-refractivity contribution in [3.63, 3.8) is 0 Å². The number of ether oxygens (including phenoxy) is 2. The van der Waals surface area contributed by atoms with Gasteiger partial charge < -0.3 is 38.1 Å². The lowest BCUT2D eigenvalue weighted by Crippen LogP contribution is -2.48. The van der Waals surface area contributed by atoms with E-state index in [2.05, 4.69) is 0 Å². The molecule has 1 atom stereocenters. The quantitative estimate of drug-likeness (QED) is 0.279. The maximum Gasteiger partial charge on any atom is 0.527 e. The van der Waals surface area contributed by atoms with E-state index in [0.29, 0.717) is 12.8 Å². The molecule has 1 fully saturated rings. The van der Waals surface area contributed by atoms with Crippen LogP contribution in [0.2, 0.25) is 0 Å². The topological polar surface area (TPSA) is 110 Å². The van der Waals surface area contributed by atoms with Gasteiger partial charge in [0.25, 0.3) is 6.48 Å². The number of hydrogen-bond acceptors (Lipinski definition) is 8. The summed E-state index contributed by atoms with van der Waals surface area (Å²) in [6, 6.07) is 0. The van der Waals surface area contributed by atoms with Gasteiger partial charge in [-0.05, 0) is 0 Å². The van der Waals surface area contributed by atoms with E-state index in [1.54, 1.807) is 21.3 Å². The predicted octanol–water partition coefficient (Wildman–Crippen LogP) is -1.93. The third-order valence-electron chi connectivity index (χ3n) is 1.92. The highest BCUT2D eigenvalue weighted by atomic mass is 28.4. The van der Waals surface area contributed by atoms with Crippen LogP contribution in [-0.4, -0.2) is 77.5 Å². The van der Waals surface area contributed by atoms with Crippen LogP contribution in [0.5, 0.6) is 0 Å². The summed E-state index contributed by atoms with van der Waals surface area (Å²) < 4.78 is 25.9. The molecule has 0 bridgehead atoms. The van der Waals surface area contributed by atoms with Gasteiger partial charge in [-0.15, -0.1) is 0 Å². The minimum Gasteiger partial charge on any atom is -0.375 e. The van der Waals surface area contributed by atoms with Crippen molar-refractivity contribution in [1.82, 2.24) is 0 Å². The lowest BCUT2D eigenvalue weighted by Gasteiger charge is -2.23. The molecule has 1 aliphatic heterocycles. The van der Waals surface area contributed by atoms with Gasteiger partial charge in [0.15, 0.2) is 0 Å². The Labute approximate surface area is 101 Å². The van der Waals surface area contributed by atoms with E-state index in [0.717, 1.165) is 6.61 Å². The van der Waals surface area contributed by atoms with E-state index in [-0.39, 0.29) is 6.10 Å². The van der Waals surface area contributed by atoms with Crippen molar-refractivity contribution >= 4 is 8.80 Å². The molecule has 1 aliphatic rings. The molecule has 3 N–H and O–H groups in total. The van der Waals surface area contributed by atoms with Crippen LogP contribution in [0.25, 0.3) is 0 Å². The fraction of sp³-hybridized carbons (Fsp3) is 1.00. The summed E-state index contributed by atoms with van der Waals surface area (Å²) in [5.74, 6) is 0. The first kappa shape index (κ1) is 16.9. The van der Waals surface area contributed by atoms with Gasteiger partial charge in [-0.2, -0.15) is 0 Å². The minimum atomic E-state index is -2.53. The largest absolute Gasteiger partial charge is 0.527 e. The lowest BCUT2D eigenvalue weighted by molar-refractivity contribution is -0.198. The number of aliphatic hydroxyl groups is 3. The Hall–Kier alpha value is -0.103. The molecule has 9 heteroatoms. The Morgan fingerprint density at radius 3 is 1.88 bits per heavy atom. The number of rotatable bonds is 7. The highest BCUT2D eigenvalue weighted by Crippen LogP contribution is 2.11. The summed E-state index contributed by atoms with van der Waals surface area (Å²) in [5, 5.41) is 21.5. The highest BCUT2D eigenvalue weighted by molar-refractivity contribution is 6.60. The Balaban J connectivity index is 0.000000557. The van der Waals surface area contributed by atoms with Gasteiger partial charge in [-0.25, -0.2) is 0 Å². The third-order valence-corrected chi connectivity index (χ3v) is 4.34. The molecule has 104 valence electrons. The van der Waals surface area contributed by atoms with Crippen molar-refractivity contribution in [1.29, 1.82) is 0 Å². The molecule has 0 aromatic rings. The monoisotopic (exact) mass is 272 g/mol. The molecule has 1 unspecified atom stereocenters. The van der Waals surface area contributed by atoms with E-state index in [1.165, 1.54) is 0 Å². The Morgan fingerprint density at radius 1 is 1.18 bits per heavy atom. The van der Waals surface area contributed by atoms with Gasteiger partial charge in [-0.3, -0.25) is 0 Å². The second-order valence-corrected chi connectivity index (χ2v) is 5.99. The molecule has 0 radical (unpaired) electrons. The average molecular weight is 272 g/mol. The maximum atomic E-state index is 7.17. The normalized spacial score (nSPS) is 18.9. The van der Waals surface area contributed by atoms with Crippen LogP contribution in [0.3, 0.4) is 0 Å². The first-order valence-electron chi connectivity index (χ1n) is 4.88. The molecule has 17 heavy (non-hydrogen) atoms. The Morgan fingerprint density at radius 2 is 1.59 bits per heavy atom. The van der Waals surface area contributed by atoms with E-state index in [1.807, 2.05) is 0 Å².